The molecule has 0 amide bonds. The number of ether oxygens (including phenoxy) is 1. The van der Waals surface area contributed by atoms with E-state index in [0.717, 1.165) is 0 Å². The highest BCUT2D eigenvalue weighted by molar-refractivity contribution is 5.87. The van der Waals surface area contributed by atoms with Gasteiger partial charge >= 0.3 is 18.3 Å². The number of alkyl halides is 6. The molecular formula is C7H6F6O2. The Labute approximate surface area is 88.9 Å². The first-order valence-corrected chi connectivity index (χ1v) is 3.00. The Morgan fingerprint density at radius 1 is 1.40 bits per heavy atom. The minimum atomic E-state index is -6.41. The van der Waals surface area contributed by atoms with E-state index >= 15 is 0 Å². The number of esters is 1. The molecule has 0 aromatic rings. The first-order chi connectivity index (χ1) is 8.95. The first-order valence-electron chi connectivity index (χ1n) is 6.00. The van der Waals surface area contributed by atoms with Crippen LogP contribution in [0.3, 0.4) is 0 Å². The molecule has 0 N–H and O–H groups in total. The number of hydrogen-bond acceptors (Lipinski definition) is 2. The number of carbonyl (C=O) groups excluding carboxylic acids is 1. The van der Waals surface area contributed by atoms with Gasteiger partial charge in [0.15, 0.2) is 0 Å². The van der Waals surface area contributed by atoms with E-state index in [1.807, 2.05) is 0 Å². The van der Waals surface area contributed by atoms with Gasteiger partial charge in [-0.1, -0.05) is 6.53 Å². The van der Waals surface area contributed by atoms with Crippen molar-refractivity contribution < 1.29 is 44.1 Å². The molecule has 0 unspecified atom stereocenters. The Morgan fingerprint density at radius 3 is 2.13 bits per heavy atom. The second kappa shape index (κ2) is 4.11. The summed E-state index contributed by atoms with van der Waals surface area (Å²) < 4.78 is 116. The summed E-state index contributed by atoms with van der Waals surface area (Å²) in [5.74, 6) is -2.75. The predicted molar refractivity (Wildman–Crippen MR) is 36.8 cm³/mol. The maximum absolute atomic E-state index is 12.3. The molecule has 88 valence electrons. The fourth-order valence-electron chi connectivity index (χ4n) is 0.420. The number of hydrogen-bond donors (Lipinski definition) is 0. The summed E-state index contributed by atoms with van der Waals surface area (Å²) in [4.78, 5) is 11.1. The maximum Gasteiger partial charge on any atom is 0.434 e. The minimum absolute atomic E-state index is 1.85. The van der Waals surface area contributed by atoms with Crippen LogP contribution in [0.5, 0.6) is 0 Å². The van der Waals surface area contributed by atoms with Crippen molar-refractivity contribution in [3.63, 3.8) is 0 Å². The van der Waals surface area contributed by atoms with Crippen LogP contribution in [0.15, 0.2) is 12.1 Å². The molecule has 15 heavy (non-hydrogen) atoms. The van der Waals surface area contributed by atoms with Gasteiger partial charge in [-0.05, 0) is 6.85 Å². The first kappa shape index (κ1) is 6.39. The van der Waals surface area contributed by atoms with E-state index in [9.17, 15) is 31.1 Å². The zero-order valence-corrected chi connectivity index (χ0v) is 6.58. The molecule has 0 aromatic carbocycles. The van der Waals surface area contributed by atoms with E-state index < -0.39 is 43.4 Å². The molecule has 0 aromatic heterocycles. The lowest BCUT2D eigenvalue weighted by molar-refractivity contribution is -0.312. The summed E-state index contributed by atoms with van der Waals surface area (Å²) in [6.45, 7) is -5.51. The highest BCUT2D eigenvalue weighted by Crippen LogP contribution is 2.35. The highest BCUT2D eigenvalue weighted by Gasteiger charge is 2.59. The molecule has 0 aliphatic heterocycles. The van der Waals surface area contributed by atoms with Crippen molar-refractivity contribution in [2.45, 2.75) is 25.3 Å². The van der Waals surface area contributed by atoms with E-state index in [-0.39, 0.29) is 0 Å². The summed E-state index contributed by atoms with van der Waals surface area (Å²) >= 11 is 0. The summed E-state index contributed by atoms with van der Waals surface area (Å²) in [7, 11) is 0. The van der Waals surface area contributed by atoms with Crippen LogP contribution in [-0.4, -0.2) is 24.4 Å². The summed E-state index contributed by atoms with van der Waals surface area (Å²) in [5.41, 5.74) is -2.01. The molecule has 0 bridgehead atoms. The van der Waals surface area contributed by atoms with Gasteiger partial charge < -0.3 is 4.74 Å². The van der Waals surface area contributed by atoms with Crippen LogP contribution < -0.4 is 0 Å². The van der Waals surface area contributed by atoms with Gasteiger partial charge in [-0.25, -0.2) is 4.79 Å². The van der Waals surface area contributed by atoms with Crippen molar-refractivity contribution in [1.29, 1.82) is 0 Å². The van der Waals surface area contributed by atoms with E-state index in [0.29, 0.717) is 0 Å². The minimum Gasteiger partial charge on any atom is -0.439 e. The summed E-state index contributed by atoms with van der Waals surface area (Å²) in [6.07, 6.45) is -18.5. The van der Waals surface area contributed by atoms with Crippen LogP contribution in [0.1, 0.15) is 15.1 Å². The average molecular weight is 242 g/mol. The lowest BCUT2D eigenvalue weighted by Gasteiger charge is -2.22. The molecule has 0 aliphatic rings. The third-order valence-electron chi connectivity index (χ3n) is 0.914. The molecule has 0 spiro atoms. The van der Waals surface area contributed by atoms with Gasteiger partial charge in [0.05, 0.1) is 4.11 Å². The van der Waals surface area contributed by atoms with Gasteiger partial charge in [0, 0.05) is 9.69 Å². The van der Waals surface area contributed by atoms with Crippen molar-refractivity contribution in [2.75, 3.05) is 0 Å². The lowest BCUT2D eigenvalue weighted by Crippen LogP contribution is -2.45. The van der Waals surface area contributed by atoms with Crippen LogP contribution in [-0.2, 0) is 9.53 Å². The average Bonchev–Trinajstić information content (AvgIpc) is 2.09. The Hall–Kier alpha value is -1.21. The molecule has 0 atom stereocenters. The number of rotatable bonds is 2. The third-order valence-corrected chi connectivity index (χ3v) is 0.914. The Bertz CT molecular complexity index is 432. The largest absolute Gasteiger partial charge is 0.439 e. The molecule has 2 nitrogen and oxygen atoms in total. The number of halogens is 6. The van der Waals surface area contributed by atoms with Crippen molar-refractivity contribution in [3.8, 4) is 0 Å². The molecule has 0 radical (unpaired) electrons. The molecule has 8 heteroatoms. The van der Waals surface area contributed by atoms with E-state index in [1.54, 1.807) is 0 Å². The zero-order chi connectivity index (χ0) is 17.4. The van der Waals surface area contributed by atoms with E-state index in [4.69, 9.17) is 8.22 Å². The van der Waals surface area contributed by atoms with Crippen molar-refractivity contribution in [3.05, 3.63) is 12.1 Å². The van der Waals surface area contributed by atoms with Crippen LogP contribution in [0.25, 0.3) is 0 Å². The van der Waals surface area contributed by atoms with Gasteiger partial charge in [0.25, 0.3) is 6.08 Å². The second-order valence-electron chi connectivity index (χ2n) is 2.09. The van der Waals surface area contributed by atoms with Crippen LogP contribution in [0.2, 0.25) is 0 Å². The zero-order valence-electron chi connectivity index (χ0n) is 12.6. The quantitative estimate of drug-likeness (QED) is 0.422. The second-order valence-corrected chi connectivity index (χ2v) is 2.09. The van der Waals surface area contributed by atoms with Crippen LogP contribution >= 0.6 is 0 Å². The summed E-state index contributed by atoms with van der Waals surface area (Å²) in [6, 6.07) is 0. The standard InChI is InChI=1S/C7H6F6O2/c1-3(2)4(14)15-5(6(8,9)10)7(11,12)13/h5H,1H2,2H3/i1D2,2D3,5D. The van der Waals surface area contributed by atoms with E-state index in [2.05, 4.69) is 4.74 Å². The highest BCUT2D eigenvalue weighted by atomic mass is 19.4. The van der Waals surface area contributed by atoms with Gasteiger partial charge in [-0.2, -0.15) is 26.3 Å². The molecule has 0 saturated heterocycles. The van der Waals surface area contributed by atoms with Gasteiger partial charge in [0.1, 0.15) is 0 Å². The molecular weight excluding hydrogens is 230 g/mol. The summed E-state index contributed by atoms with van der Waals surface area (Å²) in [5, 5.41) is 0. The van der Waals surface area contributed by atoms with Crippen LogP contribution in [0.4, 0.5) is 26.3 Å². The number of carbonyl (C=O) groups is 1. The topological polar surface area (TPSA) is 26.3 Å². The fraction of sp³-hybridized carbons (Fsp3) is 0.571. The Morgan fingerprint density at radius 2 is 1.87 bits per heavy atom. The van der Waals surface area contributed by atoms with Crippen molar-refractivity contribution in [1.82, 2.24) is 0 Å². The maximum atomic E-state index is 12.3. The smallest absolute Gasteiger partial charge is 0.434 e. The Balaban J connectivity index is 5.82. The van der Waals surface area contributed by atoms with Crippen molar-refractivity contribution >= 4 is 5.97 Å². The van der Waals surface area contributed by atoms with Crippen LogP contribution in [0, 0.1) is 0 Å². The molecule has 0 heterocycles. The normalized spacial score (nSPS) is 19.9. The predicted octanol–water partition coefficient (Wildman–Crippen LogP) is 2.60. The van der Waals surface area contributed by atoms with Crippen molar-refractivity contribution in [2.24, 2.45) is 0 Å². The Kier molecular flexibility index (Phi) is 1.75. The molecule has 0 saturated carbocycles. The lowest BCUT2D eigenvalue weighted by atomic mass is 10.3. The molecule has 0 rings (SSSR count). The third kappa shape index (κ3) is 4.22. The molecule has 0 fully saturated rings. The van der Waals surface area contributed by atoms with Gasteiger partial charge in [0.2, 0.25) is 0 Å². The van der Waals surface area contributed by atoms with E-state index in [1.165, 1.54) is 0 Å². The monoisotopic (exact) mass is 242 g/mol. The molecule has 0 aliphatic carbocycles. The van der Waals surface area contributed by atoms with Gasteiger partial charge in [-0.3, -0.25) is 0 Å². The van der Waals surface area contributed by atoms with Gasteiger partial charge in [-0.15, -0.1) is 0 Å². The fourth-order valence-corrected chi connectivity index (χ4v) is 0.420. The SMILES string of the molecule is [2H]C([2H])=C(C(=O)OC([2H])(C(F)(F)F)C(F)(F)F)C([2H])([2H])[2H].